The van der Waals surface area contributed by atoms with Gasteiger partial charge in [-0.25, -0.2) is 4.79 Å². The number of carbonyl (C=O) groups excluding carboxylic acids is 1. The van der Waals surface area contributed by atoms with E-state index < -0.39 is 6.03 Å². The molecule has 2 amide bonds. The number of benzene rings is 1. The second-order valence-electron chi connectivity index (χ2n) is 2.48. The van der Waals surface area contributed by atoms with Gasteiger partial charge in [-0.1, -0.05) is 29.3 Å². The Morgan fingerprint density at radius 2 is 1.94 bits per heavy atom. The van der Waals surface area contributed by atoms with Crippen LogP contribution >= 0.6 is 35.6 Å². The molecule has 1 rings (SSSR count). The predicted molar refractivity (Wildman–Crippen MR) is 68.5 cm³/mol. The van der Waals surface area contributed by atoms with Crippen molar-refractivity contribution >= 4 is 53.7 Å². The molecule has 0 fully saturated rings. The van der Waals surface area contributed by atoms with E-state index in [0.29, 0.717) is 15.7 Å². The Morgan fingerprint density at radius 3 is 2.44 bits per heavy atom. The lowest BCUT2D eigenvalue weighted by atomic mass is 10.3. The summed E-state index contributed by atoms with van der Waals surface area (Å²) < 4.78 is 0. The van der Waals surface area contributed by atoms with E-state index in [4.69, 9.17) is 28.9 Å². The van der Waals surface area contributed by atoms with Gasteiger partial charge in [0.05, 0.1) is 15.7 Å². The number of urea groups is 1. The first-order valence-electron chi connectivity index (χ1n) is 3.89. The smallest absolute Gasteiger partial charge is 0.317 e. The highest BCUT2D eigenvalue weighted by atomic mass is 35.5. The molecule has 0 saturated heterocycles. The van der Waals surface area contributed by atoms with Gasteiger partial charge in [0.25, 0.3) is 0 Å². The number of hydrogen-bond donors (Lipinski definition) is 3. The van der Waals surface area contributed by atoms with Crippen molar-refractivity contribution in [2.45, 2.75) is 0 Å². The minimum atomic E-state index is -0.703. The molecule has 5 nitrogen and oxygen atoms in total. The minimum Gasteiger partial charge on any atom is -0.351 e. The molecule has 1 aromatic carbocycles. The van der Waals surface area contributed by atoms with Gasteiger partial charge in [0.2, 0.25) is 0 Å². The highest BCUT2D eigenvalue weighted by Crippen LogP contribution is 2.29. The number of primary amides is 1. The van der Waals surface area contributed by atoms with E-state index in [-0.39, 0.29) is 12.4 Å². The number of carbonyl (C=O) groups is 1. The molecule has 1 aromatic rings. The van der Waals surface area contributed by atoms with Crippen LogP contribution in [0, 0.1) is 0 Å². The molecule has 88 valence electrons. The van der Waals surface area contributed by atoms with Crippen molar-refractivity contribution in [1.29, 1.82) is 0 Å². The first-order valence-corrected chi connectivity index (χ1v) is 4.64. The van der Waals surface area contributed by atoms with Crippen LogP contribution < -0.4 is 16.5 Å². The molecule has 0 aliphatic carbocycles. The van der Waals surface area contributed by atoms with Gasteiger partial charge in [0.1, 0.15) is 6.34 Å². The zero-order chi connectivity index (χ0) is 11.3. The second kappa shape index (κ2) is 7.16. The third-order valence-electron chi connectivity index (χ3n) is 1.41. The molecule has 0 aromatic heterocycles. The molecule has 0 aliphatic heterocycles. The number of rotatable bonds is 3. The number of halogens is 3. The van der Waals surface area contributed by atoms with Crippen molar-refractivity contribution in [2.75, 3.05) is 5.43 Å². The summed E-state index contributed by atoms with van der Waals surface area (Å²) in [6.07, 6.45) is 1.10. The third kappa shape index (κ3) is 4.57. The largest absolute Gasteiger partial charge is 0.351 e. The average Bonchev–Trinajstić information content (AvgIpc) is 2.15. The van der Waals surface area contributed by atoms with Crippen LogP contribution in [-0.4, -0.2) is 12.4 Å². The number of para-hydroxylation sites is 1. The number of nitrogens with zero attached hydrogens (tertiary/aromatic N) is 1. The first-order chi connectivity index (χ1) is 7.11. The Kier molecular flexibility index (Phi) is 6.64. The zero-order valence-corrected chi connectivity index (χ0v) is 10.2. The summed E-state index contributed by atoms with van der Waals surface area (Å²) in [5, 5.41) is 6.66. The van der Waals surface area contributed by atoms with Crippen molar-refractivity contribution in [2.24, 2.45) is 10.8 Å². The maximum absolute atomic E-state index is 10.3. The summed E-state index contributed by atoms with van der Waals surface area (Å²) >= 11 is 11.7. The van der Waals surface area contributed by atoms with Crippen LogP contribution in [0.1, 0.15) is 0 Å². The van der Waals surface area contributed by atoms with E-state index in [9.17, 15) is 4.79 Å². The van der Waals surface area contributed by atoms with Gasteiger partial charge in [0, 0.05) is 0 Å². The zero-order valence-electron chi connectivity index (χ0n) is 7.91. The fourth-order valence-electron chi connectivity index (χ4n) is 0.797. The van der Waals surface area contributed by atoms with E-state index in [2.05, 4.69) is 15.8 Å². The Morgan fingerprint density at radius 1 is 1.38 bits per heavy atom. The Hall–Kier alpha value is -1.17. The molecule has 16 heavy (non-hydrogen) atoms. The second-order valence-corrected chi connectivity index (χ2v) is 3.29. The number of nitrogens with two attached hydrogens (primary N) is 1. The van der Waals surface area contributed by atoms with Crippen LogP contribution in [-0.2, 0) is 0 Å². The van der Waals surface area contributed by atoms with E-state index >= 15 is 0 Å². The quantitative estimate of drug-likeness (QED) is 0.452. The first kappa shape index (κ1) is 14.8. The normalized spacial score (nSPS) is 9.62. The fraction of sp³-hybridized carbons (Fsp3) is 0. The predicted octanol–water partition coefficient (Wildman–Crippen LogP) is 2.44. The molecule has 0 aliphatic rings. The van der Waals surface area contributed by atoms with Crippen molar-refractivity contribution < 1.29 is 4.79 Å². The SMILES string of the molecule is Cl.NC(=O)N/C=N/Nc1c(Cl)cccc1Cl. The van der Waals surface area contributed by atoms with Crippen molar-refractivity contribution in [1.82, 2.24) is 5.32 Å². The Bertz CT molecular complexity index is 377. The van der Waals surface area contributed by atoms with Gasteiger partial charge < -0.3 is 5.73 Å². The molecule has 0 unspecified atom stereocenters. The van der Waals surface area contributed by atoms with E-state index in [1.165, 1.54) is 0 Å². The molecule has 0 radical (unpaired) electrons. The molecular weight excluding hydrogens is 274 g/mol. The minimum absolute atomic E-state index is 0. The van der Waals surface area contributed by atoms with Gasteiger partial charge in [-0.05, 0) is 12.1 Å². The van der Waals surface area contributed by atoms with Gasteiger partial charge >= 0.3 is 6.03 Å². The molecule has 0 heterocycles. The maximum Gasteiger partial charge on any atom is 0.317 e. The average molecular weight is 284 g/mol. The van der Waals surface area contributed by atoms with Crippen molar-refractivity contribution in [3.8, 4) is 0 Å². The number of hydrazone groups is 1. The lowest BCUT2D eigenvalue weighted by molar-refractivity contribution is 0.253. The lowest BCUT2D eigenvalue weighted by Crippen LogP contribution is -2.28. The molecule has 8 heteroatoms. The molecular formula is C8H9Cl3N4O. The number of nitrogens with one attached hydrogen (secondary N) is 2. The van der Waals surface area contributed by atoms with E-state index in [1.807, 2.05) is 0 Å². The van der Waals surface area contributed by atoms with E-state index in [1.54, 1.807) is 18.2 Å². The summed E-state index contributed by atoms with van der Waals surface area (Å²) in [5.74, 6) is 0. The van der Waals surface area contributed by atoms with Crippen LogP contribution in [0.4, 0.5) is 10.5 Å². The summed E-state index contributed by atoms with van der Waals surface area (Å²) in [5.41, 5.74) is 7.84. The summed E-state index contributed by atoms with van der Waals surface area (Å²) in [7, 11) is 0. The number of amides is 2. The maximum atomic E-state index is 10.3. The van der Waals surface area contributed by atoms with Crippen LogP contribution in [0.25, 0.3) is 0 Å². The molecule has 0 atom stereocenters. The highest BCUT2D eigenvalue weighted by molar-refractivity contribution is 6.39. The third-order valence-corrected chi connectivity index (χ3v) is 2.04. The highest BCUT2D eigenvalue weighted by Gasteiger charge is 2.02. The molecule has 4 N–H and O–H groups in total. The standard InChI is InChI=1S/C8H8Cl2N4O.ClH/c9-5-2-1-3-6(10)7(5)14-13-4-12-8(11)15;/h1-4,14H,(H3,11,12,13,15);1H. The van der Waals surface area contributed by atoms with E-state index in [0.717, 1.165) is 6.34 Å². The number of anilines is 1. The lowest BCUT2D eigenvalue weighted by Gasteiger charge is -2.04. The van der Waals surface area contributed by atoms with Crippen molar-refractivity contribution in [3.63, 3.8) is 0 Å². The van der Waals surface area contributed by atoms with Crippen LogP contribution in [0.5, 0.6) is 0 Å². The van der Waals surface area contributed by atoms with Crippen molar-refractivity contribution in [3.05, 3.63) is 28.2 Å². The van der Waals surface area contributed by atoms with Crippen LogP contribution in [0.3, 0.4) is 0 Å². The summed E-state index contributed by atoms with van der Waals surface area (Å²) in [6, 6.07) is 4.33. The molecule has 0 spiro atoms. The monoisotopic (exact) mass is 282 g/mol. The Balaban J connectivity index is 0.00000225. The van der Waals surface area contributed by atoms with Crippen LogP contribution in [0.2, 0.25) is 10.0 Å². The summed E-state index contributed by atoms with van der Waals surface area (Å²) in [4.78, 5) is 10.3. The molecule has 0 saturated carbocycles. The van der Waals surface area contributed by atoms with Gasteiger partial charge in [-0.15, -0.1) is 12.4 Å². The molecule has 0 bridgehead atoms. The Labute approximate surface area is 108 Å². The van der Waals surface area contributed by atoms with Gasteiger partial charge in [0.15, 0.2) is 0 Å². The summed E-state index contributed by atoms with van der Waals surface area (Å²) in [6.45, 7) is 0. The fourth-order valence-corrected chi connectivity index (χ4v) is 1.28. The number of hydrogen-bond acceptors (Lipinski definition) is 3. The topological polar surface area (TPSA) is 79.5 Å². The van der Waals surface area contributed by atoms with Gasteiger partial charge in [-0.2, -0.15) is 5.10 Å². The van der Waals surface area contributed by atoms with Gasteiger partial charge in [-0.3, -0.25) is 10.7 Å². The van der Waals surface area contributed by atoms with Crippen LogP contribution in [0.15, 0.2) is 23.3 Å².